The molecule has 1 amide bonds. The molecular weight excluding hydrogens is 256 g/mol. The van der Waals surface area contributed by atoms with E-state index >= 15 is 0 Å². The molecule has 2 rings (SSSR count). The Labute approximate surface area is 118 Å². The first-order valence-corrected chi connectivity index (χ1v) is 6.97. The van der Waals surface area contributed by atoms with Gasteiger partial charge < -0.3 is 14.8 Å². The molecule has 1 fully saturated rings. The van der Waals surface area contributed by atoms with Crippen molar-refractivity contribution >= 4 is 12.1 Å². The fourth-order valence-corrected chi connectivity index (χ4v) is 2.27. The Kier molecular flexibility index (Phi) is 5.41. The first-order valence-electron chi connectivity index (χ1n) is 6.97. The number of carbonyl (C=O) groups excluding carboxylic acids is 1. The van der Waals surface area contributed by atoms with E-state index < -0.39 is 0 Å². The summed E-state index contributed by atoms with van der Waals surface area (Å²) >= 11 is 0. The van der Waals surface area contributed by atoms with Gasteiger partial charge in [-0.2, -0.15) is 0 Å². The summed E-state index contributed by atoms with van der Waals surface area (Å²) in [6, 6.07) is 7.05. The van der Waals surface area contributed by atoms with E-state index in [4.69, 9.17) is 9.94 Å². The summed E-state index contributed by atoms with van der Waals surface area (Å²) in [6.45, 7) is 1.76. The highest BCUT2D eigenvalue weighted by molar-refractivity contribution is 5.79. The minimum absolute atomic E-state index is 0.0490. The highest BCUT2D eigenvalue weighted by Gasteiger charge is 2.15. The normalized spacial score (nSPS) is 16.1. The van der Waals surface area contributed by atoms with Crippen molar-refractivity contribution in [2.45, 2.75) is 25.7 Å². The van der Waals surface area contributed by atoms with Gasteiger partial charge in [0.1, 0.15) is 5.75 Å². The summed E-state index contributed by atoms with van der Waals surface area (Å²) in [5, 5.41) is 11.4. The van der Waals surface area contributed by atoms with Crippen molar-refractivity contribution in [3.63, 3.8) is 0 Å². The van der Waals surface area contributed by atoms with Crippen LogP contribution in [0.25, 0.3) is 0 Å². The number of oxime groups is 1. The van der Waals surface area contributed by atoms with Crippen LogP contribution in [-0.4, -0.2) is 41.9 Å². The second-order valence-electron chi connectivity index (χ2n) is 4.90. The molecule has 5 nitrogen and oxygen atoms in total. The van der Waals surface area contributed by atoms with E-state index in [9.17, 15) is 4.79 Å². The molecule has 0 saturated carbocycles. The first-order chi connectivity index (χ1) is 9.79. The molecule has 20 heavy (non-hydrogen) atoms. The number of hydrogen-bond acceptors (Lipinski definition) is 4. The van der Waals surface area contributed by atoms with Crippen molar-refractivity contribution in [2.24, 2.45) is 5.16 Å². The Balaban J connectivity index is 1.82. The molecule has 1 saturated heterocycles. The predicted octanol–water partition coefficient (Wildman–Crippen LogP) is 2.28. The van der Waals surface area contributed by atoms with E-state index in [1.807, 2.05) is 4.90 Å². The topological polar surface area (TPSA) is 62.1 Å². The molecule has 5 heteroatoms. The number of rotatable bonds is 4. The van der Waals surface area contributed by atoms with E-state index in [2.05, 4.69) is 5.16 Å². The lowest BCUT2D eigenvalue weighted by molar-refractivity contribution is -0.133. The molecule has 0 spiro atoms. The van der Waals surface area contributed by atoms with Crippen LogP contribution in [0, 0.1) is 0 Å². The molecule has 108 valence electrons. The zero-order valence-corrected chi connectivity index (χ0v) is 11.5. The third-order valence-corrected chi connectivity index (χ3v) is 3.41. The van der Waals surface area contributed by atoms with Crippen LogP contribution in [0.2, 0.25) is 0 Å². The van der Waals surface area contributed by atoms with Gasteiger partial charge in [0.25, 0.3) is 5.91 Å². The van der Waals surface area contributed by atoms with Crippen LogP contribution >= 0.6 is 0 Å². The van der Waals surface area contributed by atoms with Gasteiger partial charge in [-0.05, 0) is 42.7 Å². The Morgan fingerprint density at radius 1 is 1.20 bits per heavy atom. The van der Waals surface area contributed by atoms with E-state index in [0.717, 1.165) is 31.5 Å². The molecule has 0 aliphatic carbocycles. The molecule has 1 aromatic carbocycles. The molecule has 0 atom stereocenters. The Bertz CT molecular complexity index is 449. The smallest absolute Gasteiger partial charge is 0.260 e. The van der Waals surface area contributed by atoms with E-state index in [1.165, 1.54) is 19.1 Å². The Morgan fingerprint density at radius 3 is 2.45 bits per heavy atom. The molecule has 1 heterocycles. The second-order valence-corrected chi connectivity index (χ2v) is 4.90. The van der Waals surface area contributed by atoms with E-state index in [1.54, 1.807) is 24.3 Å². The second kappa shape index (κ2) is 7.53. The van der Waals surface area contributed by atoms with Crippen molar-refractivity contribution in [2.75, 3.05) is 19.7 Å². The molecule has 1 N–H and O–H groups in total. The third kappa shape index (κ3) is 4.26. The zero-order chi connectivity index (χ0) is 14.2. The monoisotopic (exact) mass is 276 g/mol. The van der Waals surface area contributed by atoms with Crippen molar-refractivity contribution in [1.82, 2.24) is 4.90 Å². The van der Waals surface area contributed by atoms with Gasteiger partial charge in [0.05, 0.1) is 6.21 Å². The molecule has 0 bridgehead atoms. The van der Waals surface area contributed by atoms with Gasteiger partial charge in [-0.25, -0.2) is 0 Å². The molecule has 1 aliphatic rings. The lowest BCUT2D eigenvalue weighted by atomic mass is 10.2. The summed E-state index contributed by atoms with van der Waals surface area (Å²) in [5.41, 5.74) is 0.777. The van der Waals surface area contributed by atoms with Crippen LogP contribution in [0.3, 0.4) is 0 Å². The highest BCUT2D eigenvalue weighted by Crippen LogP contribution is 2.13. The third-order valence-electron chi connectivity index (χ3n) is 3.41. The number of benzene rings is 1. The lowest BCUT2D eigenvalue weighted by Gasteiger charge is -2.20. The average Bonchev–Trinajstić information content (AvgIpc) is 2.76. The maximum absolute atomic E-state index is 12.0. The standard InChI is InChI=1S/C15H20N2O3/c18-15(17-9-3-1-2-4-10-17)12-20-14-7-5-13(6-8-14)11-16-19/h5-8,11,19H,1-4,9-10,12H2. The molecular formula is C15H20N2O3. The molecule has 0 aromatic heterocycles. The van der Waals surface area contributed by atoms with Gasteiger partial charge >= 0.3 is 0 Å². The maximum Gasteiger partial charge on any atom is 0.260 e. The minimum atomic E-state index is 0.0490. The molecule has 1 aromatic rings. The summed E-state index contributed by atoms with van der Waals surface area (Å²) in [5.74, 6) is 0.691. The number of nitrogens with zero attached hydrogens (tertiary/aromatic N) is 2. The number of hydrogen-bond donors (Lipinski definition) is 1. The SMILES string of the molecule is O=C(COc1ccc(C=NO)cc1)N1CCCCCC1. The maximum atomic E-state index is 12.0. The largest absolute Gasteiger partial charge is 0.484 e. The summed E-state index contributed by atoms with van der Waals surface area (Å²) < 4.78 is 5.50. The van der Waals surface area contributed by atoms with Crippen molar-refractivity contribution in [3.05, 3.63) is 29.8 Å². The first kappa shape index (κ1) is 14.4. The van der Waals surface area contributed by atoms with Crippen LogP contribution < -0.4 is 4.74 Å². The quantitative estimate of drug-likeness (QED) is 0.521. The van der Waals surface area contributed by atoms with Gasteiger partial charge in [-0.3, -0.25) is 4.79 Å². The van der Waals surface area contributed by atoms with Crippen LogP contribution in [-0.2, 0) is 4.79 Å². The fourth-order valence-electron chi connectivity index (χ4n) is 2.27. The van der Waals surface area contributed by atoms with Crippen LogP contribution in [0.5, 0.6) is 5.75 Å². The molecule has 0 radical (unpaired) electrons. The van der Waals surface area contributed by atoms with Crippen LogP contribution in [0.4, 0.5) is 0 Å². The summed E-state index contributed by atoms with van der Waals surface area (Å²) in [4.78, 5) is 13.9. The van der Waals surface area contributed by atoms with Gasteiger partial charge in [0.2, 0.25) is 0 Å². The van der Waals surface area contributed by atoms with Crippen LogP contribution in [0.15, 0.2) is 29.4 Å². The Morgan fingerprint density at radius 2 is 1.85 bits per heavy atom. The number of carbonyl (C=O) groups is 1. The van der Waals surface area contributed by atoms with Gasteiger partial charge in [0.15, 0.2) is 6.61 Å². The van der Waals surface area contributed by atoms with Crippen molar-refractivity contribution in [1.29, 1.82) is 0 Å². The Hall–Kier alpha value is -2.04. The average molecular weight is 276 g/mol. The molecule has 0 unspecified atom stereocenters. The molecule has 1 aliphatic heterocycles. The zero-order valence-electron chi connectivity index (χ0n) is 11.5. The van der Waals surface area contributed by atoms with Crippen molar-refractivity contribution < 1.29 is 14.7 Å². The fraction of sp³-hybridized carbons (Fsp3) is 0.467. The minimum Gasteiger partial charge on any atom is -0.484 e. The predicted molar refractivity (Wildman–Crippen MR) is 76.4 cm³/mol. The lowest BCUT2D eigenvalue weighted by Crippen LogP contribution is -2.35. The van der Waals surface area contributed by atoms with Gasteiger partial charge in [-0.15, -0.1) is 0 Å². The highest BCUT2D eigenvalue weighted by atomic mass is 16.5. The van der Waals surface area contributed by atoms with Crippen LogP contribution in [0.1, 0.15) is 31.2 Å². The number of ether oxygens (including phenoxy) is 1. The summed E-state index contributed by atoms with van der Waals surface area (Å²) in [7, 11) is 0. The van der Waals surface area contributed by atoms with Crippen molar-refractivity contribution in [3.8, 4) is 5.75 Å². The number of amides is 1. The van der Waals surface area contributed by atoms with E-state index in [0.29, 0.717) is 5.75 Å². The van der Waals surface area contributed by atoms with Gasteiger partial charge in [0, 0.05) is 13.1 Å². The van der Waals surface area contributed by atoms with E-state index in [-0.39, 0.29) is 12.5 Å². The summed E-state index contributed by atoms with van der Waals surface area (Å²) in [6.07, 6.45) is 5.92. The number of likely N-dealkylation sites (tertiary alicyclic amines) is 1. The van der Waals surface area contributed by atoms with Gasteiger partial charge in [-0.1, -0.05) is 18.0 Å².